The van der Waals surface area contributed by atoms with Gasteiger partial charge in [0.1, 0.15) is 0 Å². The van der Waals surface area contributed by atoms with E-state index in [2.05, 4.69) is 39.5 Å². The number of rotatable bonds is 4. The molecule has 1 aliphatic heterocycles. The average molecular weight is 296 g/mol. The van der Waals surface area contributed by atoms with Crippen molar-refractivity contribution in [2.45, 2.75) is 79.2 Å². The van der Waals surface area contributed by atoms with Crippen LogP contribution in [0.3, 0.4) is 0 Å². The third-order valence-electron chi connectivity index (χ3n) is 6.68. The fourth-order valence-corrected chi connectivity index (χ4v) is 4.57. The summed E-state index contributed by atoms with van der Waals surface area (Å²) in [5, 5.41) is 10.4. The van der Waals surface area contributed by atoms with Crippen LogP contribution in [0.15, 0.2) is 0 Å². The largest absolute Gasteiger partial charge is 0.393 e. The quantitative estimate of drug-likeness (QED) is 0.835. The third-order valence-corrected chi connectivity index (χ3v) is 6.68. The lowest BCUT2D eigenvalue weighted by Gasteiger charge is -2.41. The molecule has 2 heteroatoms. The van der Waals surface area contributed by atoms with Gasteiger partial charge in [-0.05, 0) is 67.7 Å². The zero-order valence-electron chi connectivity index (χ0n) is 15.0. The smallest absolute Gasteiger partial charge is 0.0580 e. The van der Waals surface area contributed by atoms with Crippen LogP contribution in [0.4, 0.5) is 0 Å². The van der Waals surface area contributed by atoms with Crippen molar-refractivity contribution in [3.8, 4) is 0 Å². The highest BCUT2D eigenvalue weighted by Crippen LogP contribution is 2.42. The highest BCUT2D eigenvalue weighted by Gasteiger charge is 2.39. The van der Waals surface area contributed by atoms with Crippen LogP contribution in [0.1, 0.15) is 73.1 Å². The zero-order valence-corrected chi connectivity index (χ0v) is 15.0. The Morgan fingerprint density at radius 2 is 1.81 bits per heavy atom. The van der Waals surface area contributed by atoms with Crippen molar-refractivity contribution >= 4 is 0 Å². The first-order chi connectivity index (χ1) is 9.79. The van der Waals surface area contributed by atoms with Gasteiger partial charge in [-0.1, -0.05) is 34.6 Å². The molecule has 3 unspecified atom stereocenters. The molecule has 2 fully saturated rings. The van der Waals surface area contributed by atoms with Crippen LogP contribution in [0.25, 0.3) is 0 Å². The number of hydrogen-bond acceptors (Lipinski definition) is 2. The molecule has 1 aliphatic carbocycles. The van der Waals surface area contributed by atoms with Gasteiger partial charge in [-0.2, -0.15) is 0 Å². The second kappa shape index (κ2) is 6.58. The molecule has 0 bridgehead atoms. The van der Waals surface area contributed by atoms with Gasteiger partial charge in [0.05, 0.1) is 6.10 Å². The van der Waals surface area contributed by atoms with Crippen molar-refractivity contribution < 1.29 is 5.11 Å². The molecule has 0 aromatic rings. The molecule has 1 N–H and O–H groups in total. The molecule has 2 aliphatic rings. The molecular weight excluding hydrogens is 258 g/mol. The summed E-state index contributed by atoms with van der Waals surface area (Å²) < 4.78 is 0. The van der Waals surface area contributed by atoms with Gasteiger partial charge in [-0.25, -0.2) is 0 Å². The lowest BCUT2D eigenvalue weighted by atomic mass is 9.68. The molecule has 0 radical (unpaired) electrons. The van der Waals surface area contributed by atoms with Gasteiger partial charge >= 0.3 is 0 Å². The molecule has 1 saturated heterocycles. The van der Waals surface area contributed by atoms with Crippen molar-refractivity contribution in [3.05, 3.63) is 0 Å². The van der Waals surface area contributed by atoms with Crippen LogP contribution in [0, 0.1) is 22.7 Å². The first-order valence-corrected chi connectivity index (χ1v) is 9.20. The van der Waals surface area contributed by atoms with Crippen molar-refractivity contribution in [2.75, 3.05) is 19.6 Å². The fraction of sp³-hybridized carbons (Fsp3) is 1.00. The predicted octanol–water partition coefficient (Wildman–Crippen LogP) is 4.32. The molecule has 124 valence electrons. The third kappa shape index (κ3) is 4.01. The Bertz CT molecular complexity index is 329. The molecule has 1 saturated carbocycles. The SMILES string of the molecule is CCC1(CC)CCN(CC2CC(C(C)(C)C)CCC2O)C1. The van der Waals surface area contributed by atoms with Crippen LogP contribution >= 0.6 is 0 Å². The van der Waals surface area contributed by atoms with E-state index in [1.165, 1.54) is 45.2 Å². The summed E-state index contributed by atoms with van der Waals surface area (Å²) >= 11 is 0. The van der Waals surface area contributed by atoms with Gasteiger partial charge in [0.2, 0.25) is 0 Å². The number of aliphatic hydroxyl groups excluding tert-OH is 1. The van der Waals surface area contributed by atoms with E-state index in [-0.39, 0.29) is 6.10 Å². The van der Waals surface area contributed by atoms with Gasteiger partial charge in [0.25, 0.3) is 0 Å². The van der Waals surface area contributed by atoms with E-state index in [1.54, 1.807) is 0 Å². The van der Waals surface area contributed by atoms with Gasteiger partial charge in [-0.15, -0.1) is 0 Å². The summed E-state index contributed by atoms with van der Waals surface area (Å²) in [7, 11) is 0. The minimum absolute atomic E-state index is 0.0677. The van der Waals surface area contributed by atoms with Gasteiger partial charge < -0.3 is 10.0 Å². The van der Waals surface area contributed by atoms with Crippen molar-refractivity contribution in [3.63, 3.8) is 0 Å². The van der Waals surface area contributed by atoms with Crippen LogP contribution in [0.5, 0.6) is 0 Å². The van der Waals surface area contributed by atoms with Gasteiger partial charge in [-0.3, -0.25) is 0 Å². The Morgan fingerprint density at radius 1 is 1.14 bits per heavy atom. The summed E-state index contributed by atoms with van der Waals surface area (Å²) in [6.45, 7) is 15.4. The van der Waals surface area contributed by atoms with E-state index in [1.807, 2.05) is 0 Å². The van der Waals surface area contributed by atoms with Crippen molar-refractivity contribution in [1.29, 1.82) is 0 Å². The Hall–Kier alpha value is -0.0800. The second-order valence-corrected chi connectivity index (χ2v) is 8.90. The van der Waals surface area contributed by atoms with Crippen LogP contribution < -0.4 is 0 Å². The first-order valence-electron chi connectivity index (χ1n) is 9.20. The summed E-state index contributed by atoms with van der Waals surface area (Å²) in [6.07, 6.45) is 7.32. The summed E-state index contributed by atoms with van der Waals surface area (Å²) in [6, 6.07) is 0. The molecule has 21 heavy (non-hydrogen) atoms. The molecule has 2 rings (SSSR count). The Morgan fingerprint density at radius 3 is 2.33 bits per heavy atom. The molecule has 1 heterocycles. The zero-order chi connectivity index (χ0) is 15.7. The second-order valence-electron chi connectivity index (χ2n) is 8.90. The van der Waals surface area contributed by atoms with Gasteiger partial charge in [0, 0.05) is 13.1 Å². The maximum atomic E-state index is 10.4. The van der Waals surface area contributed by atoms with E-state index in [0.29, 0.717) is 16.7 Å². The molecule has 0 aromatic carbocycles. The van der Waals surface area contributed by atoms with E-state index >= 15 is 0 Å². The predicted molar refractivity (Wildman–Crippen MR) is 90.4 cm³/mol. The van der Waals surface area contributed by atoms with Gasteiger partial charge in [0.15, 0.2) is 0 Å². The lowest BCUT2D eigenvalue weighted by Crippen LogP contribution is -2.41. The molecule has 0 amide bonds. The molecular formula is C19H37NO. The number of nitrogens with zero attached hydrogens (tertiary/aromatic N) is 1. The van der Waals surface area contributed by atoms with Crippen LogP contribution in [0.2, 0.25) is 0 Å². The molecule has 2 nitrogen and oxygen atoms in total. The highest BCUT2D eigenvalue weighted by atomic mass is 16.3. The topological polar surface area (TPSA) is 23.5 Å². The van der Waals surface area contributed by atoms with Crippen molar-refractivity contribution in [1.82, 2.24) is 4.90 Å². The normalized spacial score (nSPS) is 34.3. The Balaban J connectivity index is 1.92. The minimum Gasteiger partial charge on any atom is -0.393 e. The average Bonchev–Trinajstić information content (AvgIpc) is 2.84. The molecule has 3 atom stereocenters. The highest BCUT2D eigenvalue weighted by molar-refractivity contribution is 4.92. The lowest BCUT2D eigenvalue weighted by molar-refractivity contribution is 0.00472. The number of hydrogen-bond donors (Lipinski definition) is 1. The standard InChI is InChI=1S/C19H37NO/c1-6-19(7-2)10-11-20(14-19)13-15-12-16(18(3,4)5)8-9-17(15)21/h15-17,21H,6-14H2,1-5H3. The maximum Gasteiger partial charge on any atom is 0.0580 e. The Labute approximate surface area is 132 Å². The summed E-state index contributed by atoms with van der Waals surface area (Å²) in [5.41, 5.74) is 0.947. The Kier molecular flexibility index (Phi) is 5.41. The molecule has 0 aromatic heterocycles. The fourth-order valence-electron chi connectivity index (χ4n) is 4.57. The number of likely N-dealkylation sites (tertiary alicyclic amines) is 1. The van der Waals surface area contributed by atoms with E-state index < -0.39 is 0 Å². The van der Waals surface area contributed by atoms with Crippen molar-refractivity contribution in [2.24, 2.45) is 22.7 Å². The van der Waals surface area contributed by atoms with E-state index in [9.17, 15) is 5.11 Å². The summed E-state index contributed by atoms with van der Waals surface area (Å²) in [4.78, 5) is 2.64. The van der Waals surface area contributed by atoms with Crippen LogP contribution in [-0.2, 0) is 0 Å². The van der Waals surface area contributed by atoms with E-state index in [0.717, 1.165) is 18.9 Å². The first kappa shape index (κ1) is 17.3. The minimum atomic E-state index is -0.0677. The van der Waals surface area contributed by atoms with E-state index in [4.69, 9.17) is 0 Å². The maximum absolute atomic E-state index is 10.4. The molecule has 0 spiro atoms. The monoisotopic (exact) mass is 295 g/mol. The number of aliphatic hydroxyl groups is 1. The summed E-state index contributed by atoms with van der Waals surface area (Å²) in [5.74, 6) is 1.27. The van der Waals surface area contributed by atoms with Crippen LogP contribution in [-0.4, -0.2) is 35.7 Å².